The Kier molecular flexibility index (Phi) is 4.60. The Morgan fingerprint density at radius 1 is 1.32 bits per heavy atom. The van der Waals surface area contributed by atoms with Gasteiger partial charge in [0.15, 0.2) is 0 Å². The van der Waals surface area contributed by atoms with Crippen LogP contribution in [-0.2, 0) is 10.5 Å². The summed E-state index contributed by atoms with van der Waals surface area (Å²) in [6, 6.07) is 3.18. The molecule has 1 aromatic rings. The summed E-state index contributed by atoms with van der Waals surface area (Å²) in [6.45, 7) is 3.32. The number of methoxy groups -OCH3 is 2. The molecule has 2 rings (SSSR count). The molecule has 0 spiro atoms. The zero-order valence-electron chi connectivity index (χ0n) is 13.3. The quantitative estimate of drug-likeness (QED) is 0.875. The Labute approximate surface area is 129 Å². The molecule has 1 fully saturated rings. The van der Waals surface area contributed by atoms with Crippen molar-refractivity contribution in [1.29, 1.82) is 0 Å². The topological polar surface area (TPSA) is 67.8 Å². The van der Waals surface area contributed by atoms with Gasteiger partial charge in [-0.2, -0.15) is 0 Å². The molecule has 0 amide bonds. The first-order valence-electron chi connectivity index (χ1n) is 7.19. The van der Waals surface area contributed by atoms with Crippen LogP contribution in [0.3, 0.4) is 0 Å². The lowest BCUT2D eigenvalue weighted by Gasteiger charge is -2.23. The number of aliphatic carboxylic acids is 1. The Hall–Kier alpha value is -1.82. The lowest BCUT2D eigenvalue weighted by atomic mass is 9.92. The highest BCUT2D eigenvalue weighted by Gasteiger charge is 2.34. The molecule has 1 aromatic carbocycles. The molecule has 5 nitrogen and oxygen atoms in total. The molecule has 22 heavy (non-hydrogen) atoms. The second-order valence-electron chi connectivity index (χ2n) is 6.00. The maximum absolute atomic E-state index is 14.4. The van der Waals surface area contributed by atoms with Crippen molar-refractivity contribution >= 4 is 5.97 Å². The van der Waals surface area contributed by atoms with Gasteiger partial charge in [-0.1, -0.05) is 0 Å². The summed E-state index contributed by atoms with van der Waals surface area (Å²) in [5, 5.41) is 12.3. The van der Waals surface area contributed by atoms with Crippen LogP contribution in [0.15, 0.2) is 12.1 Å². The minimum Gasteiger partial charge on any atom is -0.496 e. The van der Waals surface area contributed by atoms with Crippen LogP contribution < -0.4 is 14.8 Å². The van der Waals surface area contributed by atoms with Crippen LogP contribution in [0.4, 0.5) is 4.39 Å². The molecule has 2 unspecified atom stereocenters. The average molecular weight is 311 g/mol. The van der Waals surface area contributed by atoms with E-state index < -0.39 is 17.6 Å². The van der Waals surface area contributed by atoms with Gasteiger partial charge in [0, 0.05) is 29.8 Å². The van der Waals surface area contributed by atoms with Crippen molar-refractivity contribution in [2.75, 3.05) is 20.8 Å². The monoisotopic (exact) mass is 311 g/mol. The van der Waals surface area contributed by atoms with E-state index in [1.165, 1.54) is 28.1 Å². The van der Waals surface area contributed by atoms with E-state index in [-0.39, 0.29) is 6.04 Å². The Bertz CT molecular complexity index is 568. The number of alkyl halides is 1. The third-order valence-electron chi connectivity index (χ3n) is 4.05. The Balaban J connectivity index is 2.44. The first kappa shape index (κ1) is 16.5. The fourth-order valence-electron chi connectivity index (χ4n) is 2.82. The molecular weight excluding hydrogens is 289 g/mol. The molecule has 2 atom stereocenters. The second-order valence-corrected chi connectivity index (χ2v) is 6.00. The van der Waals surface area contributed by atoms with Crippen molar-refractivity contribution in [1.82, 2.24) is 5.32 Å². The molecule has 1 aliphatic heterocycles. The normalized spacial score (nSPS) is 21.7. The molecule has 0 saturated carbocycles. The summed E-state index contributed by atoms with van der Waals surface area (Å²) in [5.74, 6) is -0.290. The van der Waals surface area contributed by atoms with E-state index >= 15 is 0 Å². The molecular formula is C16H22FNO4. The van der Waals surface area contributed by atoms with Gasteiger partial charge in [0.05, 0.1) is 20.1 Å². The number of rotatable bonds is 5. The maximum Gasteiger partial charge on any atom is 0.307 e. The first-order valence-corrected chi connectivity index (χ1v) is 7.19. The van der Waals surface area contributed by atoms with Crippen molar-refractivity contribution in [3.8, 4) is 11.5 Å². The fraction of sp³-hybridized carbons (Fsp3) is 0.562. The molecule has 1 heterocycles. The molecule has 2 N–H and O–H groups in total. The van der Waals surface area contributed by atoms with Gasteiger partial charge in [-0.15, -0.1) is 0 Å². The molecule has 0 aliphatic carbocycles. The van der Waals surface area contributed by atoms with Gasteiger partial charge in [-0.25, -0.2) is 4.39 Å². The lowest BCUT2D eigenvalue weighted by Crippen LogP contribution is -2.18. The second kappa shape index (κ2) is 6.12. The molecule has 1 saturated heterocycles. The largest absolute Gasteiger partial charge is 0.496 e. The van der Waals surface area contributed by atoms with Crippen LogP contribution in [0.25, 0.3) is 0 Å². The summed E-state index contributed by atoms with van der Waals surface area (Å²) >= 11 is 0. The smallest absolute Gasteiger partial charge is 0.307 e. The van der Waals surface area contributed by atoms with Gasteiger partial charge >= 0.3 is 5.97 Å². The van der Waals surface area contributed by atoms with Gasteiger partial charge in [0.2, 0.25) is 0 Å². The van der Waals surface area contributed by atoms with Crippen molar-refractivity contribution < 1.29 is 23.8 Å². The number of nitrogens with one attached hydrogen (secondary N) is 1. The minimum atomic E-state index is -1.57. The highest BCUT2D eigenvalue weighted by atomic mass is 19.1. The van der Waals surface area contributed by atoms with E-state index in [4.69, 9.17) is 14.6 Å². The zero-order valence-corrected chi connectivity index (χ0v) is 13.3. The predicted octanol–water partition coefficient (Wildman–Crippen LogP) is 2.64. The number of carbonyl (C=O) groups is 1. The summed E-state index contributed by atoms with van der Waals surface area (Å²) in [4.78, 5) is 11.1. The van der Waals surface area contributed by atoms with Gasteiger partial charge in [-0.05, 0) is 26.3 Å². The SMILES string of the molecule is COc1cc(OC)c(C(C)(C)F)cc1C1CC(C(=O)O)CN1. The third kappa shape index (κ3) is 3.16. The minimum absolute atomic E-state index is 0.178. The average Bonchev–Trinajstić information content (AvgIpc) is 2.94. The van der Waals surface area contributed by atoms with Crippen LogP contribution in [0.2, 0.25) is 0 Å². The van der Waals surface area contributed by atoms with Crippen molar-refractivity contribution in [2.45, 2.75) is 32.0 Å². The van der Waals surface area contributed by atoms with Crippen LogP contribution in [0, 0.1) is 5.92 Å². The van der Waals surface area contributed by atoms with Crippen LogP contribution in [-0.4, -0.2) is 31.8 Å². The summed E-state index contributed by atoms with van der Waals surface area (Å²) < 4.78 is 25.1. The number of hydrogen-bond acceptors (Lipinski definition) is 4. The molecule has 6 heteroatoms. The molecule has 0 bridgehead atoms. The van der Waals surface area contributed by atoms with Gasteiger partial charge in [-0.3, -0.25) is 4.79 Å². The van der Waals surface area contributed by atoms with E-state index in [0.717, 1.165) is 5.56 Å². The lowest BCUT2D eigenvalue weighted by molar-refractivity contribution is -0.141. The Morgan fingerprint density at radius 3 is 2.41 bits per heavy atom. The van der Waals surface area contributed by atoms with Crippen molar-refractivity contribution in [2.24, 2.45) is 5.92 Å². The van der Waals surface area contributed by atoms with Gasteiger partial charge in [0.25, 0.3) is 0 Å². The van der Waals surface area contributed by atoms with Crippen LogP contribution >= 0.6 is 0 Å². The van der Waals surface area contributed by atoms with E-state index in [1.54, 1.807) is 12.1 Å². The number of ether oxygens (including phenoxy) is 2. The zero-order chi connectivity index (χ0) is 16.5. The standard InChI is InChI=1S/C16H22FNO4/c1-16(2,17)11-6-10(13(21-3)7-14(11)22-4)12-5-9(8-18-12)15(19)20/h6-7,9,12,18H,5,8H2,1-4H3,(H,19,20). The molecule has 0 aromatic heterocycles. The van der Waals surface area contributed by atoms with Crippen molar-refractivity contribution in [3.05, 3.63) is 23.3 Å². The highest BCUT2D eigenvalue weighted by Crippen LogP contribution is 2.41. The number of carboxylic acid groups (broad SMARTS) is 1. The number of hydrogen-bond donors (Lipinski definition) is 2. The van der Waals surface area contributed by atoms with Gasteiger partial charge in [0.1, 0.15) is 17.2 Å². The van der Waals surface area contributed by atoms with Crippen LogP contribution in [0.1, 0.15) is 37.4 Å². The van der Waals surface area contributed by atoms with Gasteiger partial charge < -0.3 is 19.9 Å². The number of halogens is 1. The van der Waals surface area contributed by atoms with E-state index in [2.05, 4.69) is 5.32 Å². The predicted molar refractivity (Wildman–Crippen MR) is 80.2 cm³/mol. The van der Waals surface area contributed by atoms with E-state index in [9.17, 15) is 9.18 Å². The number of benzene rings is 1. The summed E-state index contributed by atoms with van der Waals surface area (Å²) in [7, 11) is 3.01. The first-order chi connectivity index (χ1) is 10.3. The summed E-state index contributed by atoms with van der Waals surface area (Å²) in [6.07, 6.45) is 0.449. The van der Waals surface area contributed by atoms with Crippen LogP contribution in [0.5, 0.6) is 11.5 Å². The number of carboxylic acids is 1. The fourth-order valence-corrected chi connectivity index (χ4v) is 2.82. The highest BCUT2D eigenvalue weighted by molar-refractivity contribution is 5.71. The third-order valence-corrected chi connectivity index (χ3v) is 4.05. The van der Waals surface area contributed by atoms with Crippen molar-refractivity contribution in [3.63, 3.8) is 0 Å². The Morgan fingerprint density at radius 2 is 1.95 bits per heavy atom. The molecule has 1 aliphatic rings. The van der Waals surface area contributed by atoms with E-state index in [0.29, 0.717) is 30.0 Å². The summed E-state index contributed by atoms with van der Waals surface area (Å²) in [5.41, 5.74) is -0.392. The molecule has 122 valence electrons. The molecule has 0 radical (unpaired) electrons. The maximum atomic E-state index is 14.4. The van der Waals surface area contributed by atoms with E-state index in [1.807, 2.05) is 0 Å².